The highest BCUT2D eigenvalue weighted by molar-refractivity contribution is 5.80. The summed E-state index contributed by atoms with van der Waals surface area (Å²) in [6.07, 6.45) is 7.78. The molecule has 0 spiro atoms. The van der Waals surface area contributed by atoms with Crippen LogP contribution in [0.15, 0.2) is 24.3 Å². The van der Waals surface area contributed by atoms with E-state index in [1.165, 1.54) is 6.42 Å². The van der Waals surface area contributed by atoms with Gasteiger partial charge in [-0.1, -0.05) is 18.2 Å². The van der Waals surface area contributed by atoms with Gasteiger partial charge >= 0.3 is 5.97 Å². The fourth-order valence-electron chi connectivity index (χ4n) is 1.49. The number of nitrogens with zero attached hydrogens (tertiary/aromatic N) is 1. The van der Waals surface area contributed by atoms with Crippen molar-refractivity contribution in [3.05, 3.63) is 24.3 Å². The van der Waals surface area contributed by atoms with E-state index in [1.807, 2.05) is 6.08 Å². The number of hydrogen-bond acceptors (Lipinski definition) is 2. The standard InChI is InChI=1S/C10H15NO2/c1-11-7-6-9(8-11)4-2-3-5-10(12)13/h2-5,9H,6-8H2,1H3,(H,12,13)/b4-2+,5-3+. The van der Waals surface area contributed by atoms with Crippen LogP contribution in [0, 0.1) is 5.92 Å². The molecule has 0 radical (unpaired) electrons. The molecule has 3 heteroatoms. The summed E-state index contributed by atoms with van der Waals surface area (Å²) in [6.45, 7) is 2.22. The summed E-state index contributed by atoms with van der Waals surface area (Å²) in [5, 5.41) is 8.32. The largest absolute Gasteiger partial charge is 0.478 e. The van der Waals surface area contributed by atoms with Crippen LogP contribution in [0.5, 0.6) is 0 Å². The van der Waals surface area contributed by atoms with E-state index in [0.717, 1.165) is 19.2 Å². The molecule has 72 valence electrons. The zero-order chi connectivity index (χ0) is 9.68. The molecule has 0 aromatic heterocycles. The SMILES string of the molecule is CN1CCC(/C=C/C=C/C(=O)O)C1. The van der Waals surface area contributed by atoms with E-state index < -0.39 is 5.97 Å². The van der Waals surface area contributed by atoms with Gasteiger partial charge in [0, 0.05) is 12.6 Å². The van der Waals surface area contributed by atoms with E-state index in [9.17, 15) is 4.79 Å². The average molecular weight is 181 g/mol. The van der Waals surface area contributed by atoms with Crippen LogP contribution in [0.25, 0.3) is 0 Å². The summed E-state index contributed by atoms with van der Waals surface area (Å²) >= 11 is 0. The van der Waals surface area contributed by atoms with Gasteiger partial charge < -0.3 is 10.0 Å². The van der Waals surface area contributed by atoms with E-state index >= 15 is 0 Å². The van der Waals surface area contributed by atoms with E-state index in [2.05, 4.69) is 18.0 Å². The fraction of sp³-hybridized carbons (Fsp3) is 0.500. The van der Waals surface area contributed by atoms with Gasteiger partial charge in [-0.3, -0.25) is 0 Å². The first-order valence-corrected chi connectivity index (χ1v) is 4.45. The molecule has 0 amide bonds. The number of rotatable bonds is 3. The summed E-state index contributed by atoms with van der Waals surface area (Å²) in [5.41, 5.74) is 0. The Labute approximate surface area is 78.4 Å². The Morgan fingerprint density at radius 3 is 2.85 bits per heavy atom. The van der Waals surface area contributed by atoms with Gasteiger partial charge in [0.05, 0.1) is 0 Å². The minimum Gasteiger partial charge on any atom is -0.478 e. The third kappa shape index (κ3) is 3.90. The molecule has 1 aliphatic heterocycles. The molecule has 0 bridgehead atoms. The second kappa shape index (κ2) is 4.82. The summed E-state index contributed by atoms with van der Waals surface area (Å²) in [6, 6.07) is 0. The highest BCUT2D eigenvalue weighted by atomic mass is 16.4. The quantitative estimate of drug-likeness (QED) is 0.524. The van der Waals surface area contributed by atoms with Gasteiger partial charge in [-0.25, -0.2) is 4.79 Å². The zero-order valence-electron chi connectivity index (χ0n) is 7.81. The fourth-order valence-corrected chi connectivity index (χ4v) is 1.49. The first-order valence-electron chi connectivity index (χ1n) is 4.45. The molecule has 1 fully saturated rings. The molecule has 0 aromatic carbocycles. The number of carboxylic acid groups (broad SMARTS) is 1. The predicted molar refractivity (Wildman–Crippen MR) is 51.5 cm³/mol. The first kappa shape index (κ1) is 9.99. The smallest absolute Gasteiger partial charge is 0.328 e. The zero-order valence-corrected chi connectivity index (χ0v) is 7.81. The van der Waals surface area contributed by atoms with Crippen molar-refractivity contribution < 1.29 is 9.90 Å². The lowest BCUT2D eigenvalue weighted by molar-refractivity contribution is -0.131. The van der Waals surface area contributed by atoms with Crippen LogP contribution in [0.2, 0.25) is 0 Å². The van der Waals surface area contributed by atoms with Gasteiger partial charge in [-0.15, -0.1) is 0 Å². The molecule has 1 N–H and O–H groups in total. The number of aliphatic carboxylic acids is 1. The van der Waals surface area contributed by atoms with Crippen molar-refractivity contribution >= 4 is 5.97 Å². The summed E-state index contributed by atoms with van der Waals surface area (Å²) in [5.74, 6) is -0.309. The molecule has 1 rings (SSSR count). The maximum absolute atomic E-state index is 10.1. The van der Waals surface area contributed by atoms with Crippen LogP contribution in [-0.2, 0) is 4.79 Å². The normalized spacial score (nSPS) is 24.8. The van der Waals surface area contributed by atoms with Crippen molar-refractivity contribution in [2.75, 3.05) is 20.1 Å². The highest BCUT2D eigenvalue weighted by Gasteiger charge is 2.15. The van der Waals surface area contributed by atoms with Crippen molar-refractivity contribution in [1.29, 1.82) is 0 Å². The minimum absolute atomic E-state index is 0.587. The Morgan fingerprint density at radius 1 is 1.54 bits per heavy atom. The van der Waals surface area contributed by atoms with Crippen LogP contribution in [0.1, 0.15) is 6.42 Å². The average Bonchev–Trinajstić information content (AvgIpc) is 2.45. The van der Waals surface area contributed by atoms with Crippen LogP contribution in [0.3, 0.4) is 0 Å². The van der Waals surface area contributed by atoms with Crippen LogP contribution >= 0.6 is 0 Å². The molecule has 1 atom stereocenters. The van der Waals surface area contributed by atoms with E-state index in [0.29, 0.717) is 5.92 Å². The van der Waals surface area contributed by atoms with Crippen molar-refractivity contribution in [2.24, 2.45) is 5.92 Å². The number of allylic oxidation sites excluding steroid dienone is 2. The Morgan fingerprint density at radius 2 is 2.31 bits per heavy atom. The molecule has 1 unspecified atom stereocenters. The molecule has 0 saturated carbocycles. The molecule has 13 heavy (non-hydrogen) atoms. The van der Waals surface area contributed by atoms with Gasteiger partial charge in [0.25, 0.3) is 0 Å². The van der Waals surface area contributed by atoms with Gasteiger partial charge in [-0.05, 0) is 25.9 Å². The second-order valence-corrected chi connectivity index (χ2v) is 3.39. The minimum atomic E-state index is -0.895. The maximum Gasteiger partial charge on any atom is 0.328 e. The molecule has 1 heterocycles. The van der Waals surface area contributed by atoms with Crippen molar-refractivity contribution in [1.82, 2.24) is 4.90 Å². The van der Waals surface area contributed by atoms with Crippen molar-refractivity contribution in [3.63, 3.8) is 0 Å². The lowest BCUT2D eigenvalue weighted by Gasteiger charge is -2.04. The summed E-state index contributed by atoms with van der Waals surface area (Å²) in [4.78, 5) is 12.4. The Kier molecular flexibility index (Phi) is 3.71. The molecule has 3 nitrogen and oxygen atoms in total. The first-order chi connectivity index (χ1) is 6.18. The van der Waals surface area contributed by atoms with E-state index in [4.69, 9.17) is 5.11 Å². The van der Waals surface area contributed by atoms with Crippen LogP contribution in [-0.4, -0.2) is 36.1 Å². The van der Waals surface area contributed by atoms with Gasteiger partial charge in [-0.2, -0.15) is 0 Å². The Hall–Kier alpha value is -1.09. The van der Waals surface area contributed by atoms with Crippen LogP contribution in [0.4, 0.5) is 0 Å². The Bertz CT molecular complexity index is 233. The number of carboxylic acids is 1. The maximum atomic E-state index is 10.1. The molecular weight excluding hydrogens is 166 g/mol. The third-order valence-electron chi connectivity index (χ3n) is 2.16. The molecular formula is C10H15NO2. The predicted octanol–water partition coefficient (Wildman–Crippen LogP) is 1.14. The van der Waals surface area contributed by atoms with Crippen LogP contribution < -0.4 is 0 Å². The van der Waals surface area contributed by atoms with Gasteiger partial charge in [0.15, 0.2) is 0 Å². The second-order valence-electron chi connectivity index (χ2n) is 3.39. The summed E-state index contributed by atoms with van der Waals surface area (Å²) < 4.78 is 0. The molecule has 0 aliphatic carbocycles. The van der Waals surface area contributed by atoms with Gasteiger partial charge in [0.2, 0.25) is 0 Å². The molecule has 1 saturated heterocycles. The summed E-state index contributed by atoms with van der Waals surface area (Å²) in [7, 11) is 2.10. The number of carbonyl (C=O) groups is 1. The number of likely N-dealkylation sites (tertiary alicyclic amines) is 1. The van der Waals surface area contributed by atoms with E-state index in [-0.39, 0.29) is 0 Å². The van der Waals surface area contributed by atoms with Gasteiger partial charge in [0.1, 0.15) is 0 Å². The van der Waals surface area contributed by atoms with Crippen molar-refractivity contribution in [2.45, 2.75) is 6.42 Å². The third-order valence-corrected chi connectivity index (χ3v) is 2.16. The lowest BCUT2D eigenvalue weighted by atomic mass is 10.1. The number of hydrogen-bond donors (Lipinski definition) is 1. The molecule has 1 aliphatic rings. The van der Waals surface area contributed by atoms with Crippen molar-refractivity contribution in [3.8, 4) is 0 Å². The topological polar surface area (TPSA) is 40.5 Å². The lowest BCUT2D eigenvalue weighted by Crippen LogP contribution is -2.13. The van der Waals surface area contributed by atoms with E-state index in [1.54, 1.807) is 6.08 Å². The molecule has 0 aromatic rings. The Balaban J connectivity index is 2.28. The monoisotopic (exact) mass is 181 g/mol. The highest BCUT2D eigenvalue weighted by Crippen LogP contribution is 2.15.